The van der Waals surface area contributed by atoms with Crippen molar-refractivity contribution in [1.82, 2.24) is 4.98 Å². The Bertz CT molecular complexity index is 537. The van der Waals surface area contributed by atoms with Gasteiger partial charge >= 0.3 is 0 Å². The standard InChI is InChI=1S/C17H25N3OS.ClH/c1-2-10-20(16(21)11-12-6-5-7-13(12)18)17-19-14-8-3-4-9-15(14)22-17;/h2,12-13H,1,3-11,18H2;1H/t12-,13+;/m0./s1. The summed E-state index contributed by atoms with van der Waals surface area (Å²) in [6, 6.07) is 0.180. The van der Waals surface area contributed by atoms with Crippen LogP contribution >= 0.6 is 23.7 Å². The maximum Gasteiger partial charge on any atom is 0.229 e. The van der Waals surface area contributed by atoms with Gasteiger partial charge in [-0.3, -0.25) is 9.69 Å². The summed E-state index contributed by atoms with van der Waals surface area (Å²) >= 11 is 1.69. The van der Waals surface area contributed by atoms with Gasteiger partial charge in [0.15, 0.2) is 5.13 Å². The highest BCUT2D eigenvalue weighted by molar-refractivity contribution is 7.16. The molecule has 0 aromatic carbocycles. The fourth-order valence-electron chi connectivity index (χ4n) is 3.52. The summed E-state index contributed by atoms with van der Waals surface area (Å²) in [5, 5.41) is 0.850. The van der Waals surface area contributed by atoms with E-state index in [4.69, 9.17) is 10.7 Å². The number of aryl methyl sites for hydroxylation is 2. The normalized spacial score (nSPS) is 23.0. The van der Waals surface area contributed by atoms with E-state index in [1.54, 1.807) is 22.3 Å². The Morgan fingerprint density at radius 3 is 2.78 bits per heavy atom. The van der Waals surface area contributed by atoms with E-state index in [1.165, 1.54) is 23.4 Å². The molecule has 2 N–H and O–H groups in total. The van der Waals surface area contributed by atoms with E-state index < -0.39 is 0 Å². The Hall–Kier alpha value is -0.910. The SMILES string of the molecule is C=CCN(C(=O)C[C@@H]1CCC[C@H]1N)c1nc2c(s1)CCCC2.Cl. The highest BCUT2D eigenvalue weighted by atomic mass is 35.5. The molecule has 0 aliphatic heterocycles. The Morgan fingerprint density at radius 1 is 1.35 bits per heavy atom. The van der Waals surface area contributed by atoms with Crippen LogP contribution in [0.1, 0.15) is 49.1 Å². The van der Waals surface area contributed by atoms with Crippen molar-refractivity contribution in [3.63, 3.8) is 0 Å². The van der Waals surface area contributed by atoms with Gasteiger partial charge in [0.1, 0.15) is 0 Å². The van der Waals surface area contributed by atoms with Crippen LogP contribution in [-0.2, 0) is 17.6 Å². The second kappa shape index (κ2) is 8.27. The Balaban J connectivity index is 0.00000192. The van der Waals surface area contributed by atoms with Gasteiger partial charge in [-0.15, -0.1) is 30.3 Å². The monoisotopic (exact) mass is 355 g/mol. The minimum absolute atomic E-state index is 0. The summed E-state index contributed by atoms with van der Waals surface area (Å²) in [4.78, 5) is 20.6. The number of hydrogen-bond donors (Lipinski definition) is 1. The topological polar surface area (TPSA) is 59.2 Å². The first-order valence-corrected chi connectivity index (χ1v) is 9.16. The summed E-state index contributed by atoms with van der Waals surface area (Å²) in [6.45, 7) is 4.33. The molecule has 3 rings (SSSR count). The van der Waals surface area contributed by atoms with Crippen molar-refractivity contribution in [1.29, 1.82) is 0 Å². The number of amides is 1. The molecule has 0 bridgehead atoms. The number of anilines is 1. The first-order valence-electron chi connectivity index (χ1n) is 8.34. The number of aromatic nitrogens is 1. The van der Waals surface area contributed by atoms with Crippen molar-refractivity contribution in [3.05, 3.63) is 23.2 Å². The molecule has 1 amide bonds. The molecule has 1 saturated carbocycles. The molecular formula is C17H26ClN3OS. The molecule has 0 unspecified atom stereocenters. The van der Waals surface area contributed by atoms with Crippen LogP contribution in [0.25, 0.3) is 0 Å². The first kappa shape index (κ1) is 18.4. The molecule has 1 fully saturated rings. The number of halogens is 1. The Kier molecular flexibility index (Phi) is 6.62. The molecule has 23 heavy (non-hydrogen) atoms. The van der Waals surface area contributed by atoms with Crippen LogP contribution in [0, 0.1) is 5.92 Å². The van der Waals surface area contributed by atoms with Gasteiger partial charge in [0.25, 0.3) is 0 Å². The largest absolute Gasteiger partial charge is 0.327 e. The third-order valence-electron chi connectivity index (χ3n) is 4.83. The zero-order valence-electron chi connectivity index (χ0n) is 13.5. The highest BCUT2D eigenvalue weighted by Gasteiger charge is 2.29. The molecule has 1 aromatic rings. The van der Waals surface area contributed by atoms with Gasteiger partial charge < -0.3 is 5.73 Å². The first-order chi connectivity index (χ1) is 10.7. The number of rotatable bonds is 5. The van der Waals surface area contributed by atoms with Gasteiger partial charge in [-0.25, -0.2) is 4.98 Å². The molecule has 0 spiro atoms. The van der Waals surface area contributed by atoms with Crippen molar-refractivity contribution in [3.8, 4) is 0 Å². The summed E-state index contributed by atoms with van der Waals surface area (Å²) < 4.78 is 0. The van der Waals surface area contributed by atoms with Crippen LogP contribution in [0.5, 0.6) is 0 Å². The van der Waals surface area contributed by atoms with Crippen molar-refractivity contribution in [2.24, 2.45) is 11.7 Å². The van der Waals surface area contributed by atoms with Crippen molar-refractivity contribution in [2.75, 3.05) is 11.4 Å². The van der Waals surface area contributed by atoms with Crippen LogP contribution < -0.4 is 10.6 Å². The quantitative estimate of drug-likeness (QED) is 0.822. The van der Waals surface area contributed by atoms with Crippen LogP contribution in [0.2, 0.25) is 0 Å². The summed E-state index contributed by atoms with van der Waals surface area (Å²) in [5.74, 6) is 0.475. The third kappa shape index (κ3) is 4.14. The Labute approximate surface area is 148 Å². The molecule has 128 valence electrons. The number of thiazole rings is 1. The number of fused-ring (bicyclic) bond motifs is 1. The van der Waals surface area contributed by atoms with Gasteiger partial charge in [0.2, 0.25) is 5.91 Å². The molecule has 4 nitrogen and oxygen atoms in total. The van der Waals surface area contributed by atoms with E-state index in [2.05, 4.69) is 6.58 Å². The Morgan fingerprint density at radius 2 is 2.13 bits per heavy atom. The second-order valence-electron chi connectivity index (χ2n) is 6.43. The predicted molar refractivity (Wildman–Crippen MR) is 98.5 cm³/mol. The zero-order valence-corrected chi connectivity index (χ0v) is 15.1. The smallest absolute Gasteiger partial charge is 0.229 e. The molecular weight excluding hydrogens is 330 g/mol. The second-order valence-corrected chi connectivity index (χ2v) is 7.49. The predicted octanol–water partition coefficient (Wildman–Crippen LogP) is 3.48. The van der Waals surface area contributed by atoms with Crippen LogP contribution in [0.4, 0.5) is 5.13 Å². The lowest BCUT2D eigenvalue weighted by molar-refractivity contribution is -0.119. The fraction of sp³-hybridized carbons (Fsp3) is 0.647. The summed E-state index contributed by atoms with van der Waals surface area (Å²) in [7, 11) is 0. The zero-order chi connectivity index (χ0) is 15.5. The van der Waals surface area contributed by atoms with Gasteiger partial charge in [-0.05, 0) is 44.4 Å². The van der Waals surface area contributed by atoms with E-state index in [0.717, 1.165) is 37.2 Å². The molecule has 2 aliphatic rings. The molecule has 2 atom stereocenters. The molecule has 2 aliphatic carbocycles. The number of carbonyl (C=O) groups is 1. The third-order valence-corrected chi connectivity index (χ3v) is 6.01. The number of carbonyl (C=O) groups excluding carboxylic acids is 1. The fourth-order valence-corrected chi connectivity index (χ4v) is 4.70. The molecule has 1 aromatic heterocycles. The van der Waals surface area contributed by atoms with Gasteiger partial charge in [0, 0.05) is 23.9 Å². The lowest BCUT2D eigenvalue weighted by atomic mass is 9.99. The number of nitrogens with two attached hydrogens (primary N) is 1. The minimum Gasteiger partial charge on any atom is -0.327 e. The minimum atomic E-state index is 0. The maximum atomic E-state index is 12.7. The molecule has 1 heterocycles. The molecule has 0 radical (unpaired) electrons. The number of nitrogens with zero attached hydrogens (tertiary/aromatic N) is 2. The lowest BCUT2D eigenvalue weighted by Crippen LogP contribution is -2.35. The van der Waals surface area contributed by atoms with Gasteiger partial charge in [0.05, 0.1) is 5.69 Å². The van der Waals surface area contributed by atoms with Crippen LogP contribution in [0.3, 0.4) is 0 Å². The maximum absolute atomic E-state index is 12.7. The summed E-state index contributed by atoms with van der Waals surface area (Å²) in [6.07, 6.45) is 10.2. The van der Waals surface area contributed by atoms with E-state index in [9.17, 15) is 4.79 Å². The van der Waals surface area contributed by atoms with E-state index in [-0.39, 0.29) is 24.4 Å². The van der Waals surface area contributed by atoms with Gasteiger partial charge in [-0.1, -0.05) is 12.5 Å². The van der Waals surface area contributed by atoms with Crippen LogP contribution in [0.15, 0.2) is 12.7 Å². The number of hydrogen-bond acceptors (Lipinski definition) is 4. The highest BCUT2D eigenvalue weighted by Crippen LogP contribution is 2.33. The van der Waals surface area contributed by atoms with Crippen LogP contribution in [-0.4, -0.2) is 23.5 Å². The van der Waals surface area contributed by atoms with Crippen molar-refractivity contribution >= 4 is 34.8 Å². The van der Waals surface area contributed by atoms with E-state index in [1.807, 2.05) is 0 Å². The average Bonchev–Trinajstić information content (AvgIpc) is 3.11. The molecule has 6 heteroatoms. The molecule has 0 saturated heterocycles. The van der Waals surface area contributed by atoms with Gasteiger partial charge in [-0.2, -0.15) is 0 Å². The average molecular weight is 356 g/mol. The van der Waals surface area contributed by atoms with E-state index in [0.29, 0.717) is 18.9 Å². The lowest BCUT2D eigenvalue weighted by Gasteiger charge is -2.21. The van der Waals surface area contributed by atoms with E-state index >= 15 is 0 Å². The van der Waals surface area contributed by atoms with Crippen molar-refractivity contribution in [2.45, 2.75) is 57.4 Å². The summed E-state index contributed by atoms with van der Waals surface area (Å²) in [5.41, 5.74) is 7.32. The van der Waals surface area contributed by atoms with Crippen molar-refractivity contribution < 1.29 is 4.79 Å².